The largest absolute Gasteiger partial charge is 0.494 e. The summed E-state index contributed by atoms with van der Waals surface area (Å²) in [5.41, 5.74) is -0.0374. The predicted molar refractivity (Wildman–Crippen MR) is 110 cm³/mol. The fourth-order valence-corrected chi connectivity index (χ4v) is 3.65. The first kappa shape index (κ1) is 21.7. The molecule has 2 rings (SSSR count). The van der Waals surface area contributed by atoms with Crippen molar-refractivity contribution in [3.05, 3.63) is 24.3 Å². The lowest BCUT2D eigenvalue weighted by Crippen LogP contribution is -2.41. The van der Waals surface area contributed by atoms with Crippen molar-refractivity contribution < 1.29 is 14.3 Å². The molecule has 1 aromatic rings. The van der Waals surface area contributed by atoms with E-state index in [1.54, 1.807) is 7.11 Å². The average Bonchev–Trinajstić information content (AvgIpc) is 2.66. The van der Waals surface area contributed by atoms with Crippen molar-refractivity contribution in [2.24, 2.45) is 5.92 Å². The SMILES string of the molecule is CCC[C@@](C)(OC)C(=O)Nc1ccc(OCCCN2CCC[C@@H](C)C2)cc1. The van der Waals surface area contributed by atoms with Crippen LogP contribution in [0.15, 0.2) is 24.3 Å². The van der Waals surface area contributed by atoms with E-state index in [9.17, 15) is 4.79 Å². The molecule has 1 N–H and O–H groups in total. The van der Waals surface area contributed by atoms with Crippen LogP contribution < -0.4 is 10.1 Å². The molecular formula is C22H36N2O3. The maximum Gasteiger partial charge on any atom is 0.256 e. The van der Waals surface area contributed by atoms with E-state index in [0.717, 1.165) is 43.3 Å². The second-order valence-corrected chi connectivity index (χ2v) is 7.91. The number of hydrogen-bond donors (Lipinski definition) is 1. The van der Waals surface area contributed by atoms with Gasteiger partial charge in [0.1, 0.15) is 11.4 Å². The predicted octanol–water partition coefficient (Wildman–Crippen LogP) is 4.33. The lowest BCUT2D eigenvalue weighted by Gasteiger charge is -2.30. The zero-order chi connectivity index (χ0) is 19.7. The Hall–Kier alpha value is -1.59. The summed E-state index contributed by atoms with van der Waals surface area (Å²) in [5, 5.41) is 2.93. The Morgan fingerprint density at radius 3 is 2.70 bits per heavy atom. The third kappa shape index (κ3) is 6.82. The molecule has 0 radical (unpaired) electrons. The standard InChI is InChI=1S/C22H36N2O3/c1-5-13-22(3,26-4)21(25)23-19-9-11-20(12-10-19)27-16-7-15-24-14-6-8-18(2)17-24/h9-12,18H,5-8,13-17H2,1-4H3,(H,23,25)/t18-,22-/m1/s1. The second kappa shape index (κ2) is 10.7. The van der Waals surface area contributed by atoms with E-state index in [-0.39, 0.29) is 5.91 Å². The number of ether oxygens (including phenoxy) is 2. The fourth-order valence-electron chi connectivity index (χ4n) is 3.65. The van der Waals surface area contributed by atoms with Gasteiger partial charge >= 0.3 is 0 Å². The Labute approximate surface area is 164 Å². The molecule has 0 spiro atoms. The lowest BCUT2D eigenvalue weighted by molar-refractivity contribution is -0.136. The minimum absolute atomic E-state index is 0.115. The normalized spacial score (nSPS) is 20.1. The van der Waals surface area contributed by atoms with Gasteiger partial charge < -0.3 is 19.7 Å². The molecule has 27 heavy (non-hydrogen) atoms. The molecule has 5 nitrogen and oxygen atoms in total. The minimum Gasteiger partial charge on any atom is -0.494 e. The third-order valence-electron chi connectivity index (χ3n) is 5.40. The number of anilines is 1. The van der Waals surface area contributed by atoms with Crippen LogP contribution in [0.4, 0.5) is 5.69 Å². The summed E-state index contributed by atoms with van der Waals surface area (Å²) in [6, 6.07) is 7.56. The maximum absolute atomic E-state index is 12.5. The van der Waals surface area contributed by atoms with E-state index in [4.69, 9.17) is 9.47 Å². The summed E-state index contributed by atoms with van der Waals surface area (Å²) >= 11 is 0. The molecule has 0 aromatic heterocycles. The van der Waals surface area contributed by atoms with Crippen molar-refractivity contribution in [3.63, 3.8) is 0 Å². The van der Waals surface area contributed by atoms with E-state index in [0.29, 0.717) is 6.42 Å². The summed E-state index contributed by atoms with van der Waals surface area (Å²) in [7, 11) is 1.58. The van der Waals surface area contributed by atoms with Crippen molar-refractivity contribution >= 4 is 11.6 Å². The average molecular weight is 377 g/mol. The summed E-state index contributed by atoms with van der Waals surface area (Å²) in [6.45, 7) is 10.5. The van der Waals surface area contributed by atoms with Crippen LogP contribution in [-0.2, 0) is 9.53 Å². The Kier molecular flexibility index (Phi) is 8.58. The van der Waals surface area contributed by atoms with Crippen LogP contribution in [0.2, 0.25) is 0 Å². The number of carbonyl (C=O) groups excluding carboxylic acids is 1. The summed E-state index contributed by atoms with van der Waals surface area (Å²) in [4.78, 5) is 15.0. The number of likely N-dealkylation sites (tertiary alicyclic amines) is 1. The van der Waals surface area contributed by atoms with E-state index in [1.807, 2.05) is 38.1 Å². The molecule has 2 atom stereocenters. The summed E-state index contributed by atoms with van der Waals surface area (Å²) in [5.74, 6) is 1.54. The molecule has 152 valence electrons. The first-order valence-electron chi connectivity index (χ1n) is 10.3. The third-order valence-corrected chi connectivity index (χ3v) is 5.40. The van der Waals surface area contributed by atoms with Gasteiger partial charge in [0.2, 0.25) is 0 Å². The van der Waals surface area contributed by atoms with Gasteiger partial charge in [0, 0.05) is 25.9 Å². The van der Waals surface area contributed by atoms with Crippen LogP contribution in [0.25, 0.3) is 0 Å². The topological polar surface area (TPSA) is 50.8 Å². The van der Waals surface area contributed by atoms with Crippen molar-refractivity contribution in [1.29, 1.82) is 0 Å². The lowest BCUT2D eigenvalue weighted by atomic mass is 9.99. The maximum atomic E-state index is 12.5. The van der Waals surface area contributed by atoms with E-state index in [2.05, 4.69) is 17.1 Å². The highest BCUT2D eigenvalue weighted by Gasteiger charge is 2.32. The quantitative estimate of drug-likeness (QED) is 0.618. The van der Waals surface area contributed by atoms with Gasteiger partial charge in [-0.1, -0.05) is 20.3 Å². The van der Waals surface area contributed by atoms with Crippen molar-refractivity contribution in [2.45, 2.75) is 58.5 Å². The van der Waals surface area contributed by atoms with Gasteiger partial charge in [0.15, 0.2) is 0 Å². The van der Waals surface area contributed by atoms with E-state index < -0.39 is 5.60 Å². The zero-order valence-electron chi connectivity index (χ0n) is 17.4. The highest BCUT2D eigenvalue weighted by atomic mass is 16.5. The number of hydrogen-bond acceptors (Lipinski definition) is 4. The van der Waals surface area contributed by atoms with Gasteiger partial charge in [-0.05, 0) is 69.3 Å². The van der Waals surface area contributed by atoms with Crippen LogP contribution in [0.3, 0.4) is 0 Å². The fraction of sp³-hybridized carbons (Fsp3) is 0.682. The Morgan fingerprint density at radius 2 is 2.07 bits per heavy atom. The molecule has 1 aromatic carbocycles. The molecule has 1 heterocycles. The minimum atomic E-state index is -0.796. The Morgan fingerprint density at radius 1 is 1.33 bits per heavy atom. The van der Waals surface area contributed by atoms with Crippen molar-refractivity contribution in [1.82, 2.24) is 4.90 Å². The van der Waals surface area contributed by atoms with Crippen molar-refractivity contribution in [3.8, 4) is 5.75 Å². The summed E-state index contributed by atoms with van der Waals surface area (Å²) < 4.78 is 11.3. The van der Waals surface area contributed by atoms with Crippen LogP contribution in [0, 0.1) is 5.92 Å². The molecule has 5 heteroatoms. The Bertz CT molecular complexity index is 575. The number of nitrogens with zero attached hydrogens (tertiary/aromatic N) is 1. The molecule has 0 aliphatic carbocycles. The highest BCUT2D eigenvalue weighted by molar-refractivity contribution is 5.97. The molecule has 1 fully saturated rings. The van der Waals surface area contributed by atoms with Crippen LogP contribution in [-0.4, -0.2) is 49.8 Å². The zero-order valence-corrected chi connectivity index (χ0v) is 17.4. The molecule has 1 aliphatic heterocycles. The highest BCUT2D eigenvalue weighted by Crippen LogP contribution is 2.21. The molecule has 1 aliphatic rings. The van der Waals surface area contributed by atoms with Gasteiger partial charge in [-0.2, -0.15) is 0 Å². The van der Waals surface area contributed by atoms with Gasteiger partial charge in [-0.3, -0.25) is 4.79 Å². The van der Waals surface area contributed by atoms with Crippen LogP contribution in [0.5, 0.6) is 5.75 Å². The molecule has 0 bridgehead atoms. The van der Waals surface area contributed by atoms with Gasteiger partial charge in [-0.15, -0.1) is 0 Å². The van der Waals surface area contributed by atoms with Gasteiger partial charge in [0.25, 0.3) is 5.91 Å². The smallest absolute Gasteiger partial charge is 0.256 e. The molecule has 0 saturated carbocycles. The first-order valence-corrected chi connectivity index (χ1v) is 10.3. The van der Waals surface area contributed by atoms with Gasteiger partial charge in [-0.25, -0.2) is 0 Å². The molecular weight excluding hydrogens is 340 g/mol. The van der Waals surface area contributed by atoms with Gasteiger partial charge in [0.05, 0.1) is 6.61 Å². The number of rotatable bonds is 10. The number of piperidine rings is 1. The second-order valence-electron chi connectivity index (χ2n) is 7.91. The van der Waals surface area contributed by atoms with E-state index >= 15 is 0 Å². The van der Waals surface area contributed by atoms with E-state index in [1.165, 1.54) is 25.9 Å². The molecule has 0 unspecified atom stereocenters. The first-order chi connectivity index (χ1) is 13.0. The summed E-state index contributed by atoms with van der Waals surface area (Å²) in [6.07, 6.45) is 5.29. The van der Waals surface area contributed by atoms with Crippen LogP contribution >= 0.6 is 0 Å². The number of nitrogens with one attached hydrogen (secondary N) is 1. The molecule has 1 amide bonds. The Balaban J connectivity index is 1.74. The monoisotopic (exact) mass is 376 g/mol. The molecule has 1 saturated heterocycles. The number of carbonyl (C=O) groups is 1. The number of methoxy groups -OCH3 is 1. The number of amides is 1. The van der Waals surface area contributed by atoms with Crippen LogP contribution in [0.1, 0.15) is 52.9 Å². The van der Waals surface area contributed by atoms with Crippen molar-refractivity contribution in [2.75, 3.05) is 38.7 Å². The number of benzene rings is 1.